The van der Waals surface area contributed by atoms with E-state index in [0.717, 1.165) is 22.6 Å². The van der Waals surface area contributed by atoms with Crippen LogP contribution in [0.1, 0.15) is 5.56 Å². The zero-order chi connectivity index (χ0) is 24.2. The quantitative estimate of drug-likeness (QED) is 0.409. The molecule has 0 spiro atoms. The summed E-state index contributed by atoms with van der Waals surface area (Å²) in [6.45, 7) is 2.67. The highest BCUT2D eigenvalue weighted by Crippen LogP contribution is 2.34. The van der Waals surface area contributed by atoms with E-state index in [4.69, 9.17) is 15.6 Å². The first-order chi connectivity index (χ1) is 16.4. The van der Waals surface area contributed by atoms with Crippen LogP contribution in [-0.4, -0.2) is 58.3 Å². The van der Waals surface area contributed by atoms with Crippen LogP contribution in [0.4, 0.5) is 11.5 Å². The molecule has 0 aliphatic rings. The van der Waals surface area contributed by atoms with Gasteiger partial charge in [-0.3, -0.25) is 4.79 Å². The van der Waals surface area contributed by atoms with Gasteiger partial charge < -0.3 is 20.7 Å². The van der Waals surface area contributed by atoms with E-state index in [1.54, 1.807) is 11.8 Å². The minimum atomic E-state index is -0.185. The lowest BCUT2D eigenvalue weighted by Gasteiger charge is -2.07. The molecule has 0 saturated carbocycles. The Labute approximate surface area is 197 Å². The molecule has 174 valence electrons. The van der Waals surface area contributed by atoms with Gasteiger partial charge in [0.05, 0.1) is 18.2 Å². The van der Waals surface area contributed by atoms with Gasteiger partial charge in [0, 0.05) is 23.9 Å². The summed E-state index contributed by atoms with van der Waals surface area (Å²) in [4.78, 5) is 22.7. The fourth-order valence-corrected chi connectivity index (χ4v) is 3.56. The summed E-state index contributed by atoms with van der Waals surface area (Å²) < 4.78 is 7.20. The third kappa shape index (κ3) is 4.74. The van der Waals surface area contributed by atoms with Crippen molar-refractivity contribution in [2.45, 2.75) is 6.92 Å². The Morgan fingerprint density at radius 2 is 1.94 bits per heavy atom. The summed E-state index contributed by atoms with van der Waals surface area (Å²) in [6, 6.07) is 13.2. The number of carbonyl (C=O) groups is 1. The van der Waals surface area contributed by atoms with Gasteiger partial charge >= 0.3 is 0 Å². The molecule has 4 rings (SSSR count). The Morgan fingerprint density at radius 1 is 1.18 bits per heavy atom. The molecule has 0 bridgehead atoms. The van der Waals surface area contributed by atoms with Crippen molar-refractivity contribution in [2.75, 3.05) is 38.8 Å². The van der Waals surface area contributed by atoms with Gasteiger partial charge in [0.15, 0.2) is 5.65 Å². The van der Waals surface area contributed by atoms with E-state index in [1.807, 2.05) is 74.5 Å². The predicted octanol–water partition coefficient (Wildman–Crippen LogP) is 3.44. The number of nitrogens with two attached hydrogens (primary N) is 1. The van der Waals surface area contributed by atoms with Crippen LogP contribution in [-0.2, 0) is 4.79 Å². The summed E-state index contributed by atoms with van der Waals surface area (Å²) >= 11 is 0. The number of rotatable bonds is 7. The largest absolute Gasteiger partial charge is 0.496 e. The molecule has 0 aliphatic carbocycles. The summed E-state index contributed by atoms with van der Waals surface area (Å²) in [6.07, 6.45) is 4.76. The number of methoxy groups -OCH3 is 1. The third-order valence-corrected chi connectivity index (χ3v) is 5.29. The minimum Gasteiger partial charge on any atom is -0.496 e. The normalized spacial score (nSPS) is 11.4. The zero-order valence-electron chi connectivity index (χ0n) is 19.6. The number of aryl methyl sites for hydroxylation is 1. The van der Waals surface area contributed by atoms with E-state index >= 15 is 0 Å². The van der Waals surface area contributed by atoms with Gasteiger partial charge in [-0.05, 0) is 56.9 Å². The number of hydrogen-bond donors (Lipinski definition) is 2. The molecule has 0 aliphatic heterocycles. The first-order valence-electron chi connectivity index (χ1n) is 10.7. The SMILES string of the molecule is COc1cc(-c2nn(-c3ccc(NC(=O)/C=C/CN(C)C)cc3)c3ncnc(N)c23)ccc1C. The highest BCUT2D eigenvalue weighted by atomic mass is 16.5. The van der Waals surface area contributed by atoms with E-state index in [2.05, 4.69) is 15.3 Å². The number of nitrogens with one attached hydrogen (secondary N) is 1. The molecule has 2 aromatic heterocycles. The molecular formula is C25H27N7O2. The van der Waals surface area contributed by atoms with Crippen molar-refractivity contribution >= 4 is 28.4 Å². The number of benzene rings is 2. The zero-order valence-corrected chi connectivity index (χ0v) is 19.6. The van der Waals surface area contributed by atoms with Crippen LogP contribution in [0.3, 0.4) is 0 Å². The molecule has 2 aromatic carbocycles. The number of fused-ring (bicyclic) bond motifs is 1. The summed E-state index contributed by atoms with van der Waals surface area (Å²) in [7, 11) is 5.52. The molecule has 4 aromatic rings. The Morgan fingerprint density at radius 3 is 2.65 bits per heavy atom. The molecule has 9 heteroatoms. The molecule has 0 fully saturated rings. The molecule has 34 heavy (non-hydrogen) atoms. The fraction of sp³-hybridized carbons (Fsp3) is 0.200. The molecule has 2 heterocycles. The van der Waals surface area contributed by atoms with Crippen LogP contribution < -0.4 is 15.8 Å². The number of carbonyl (C=O) groups excluding carboxylic acids is 1. The Bertz CT molecular complexity index is 1360. The number of nitrogen functional groups attached to an aromatic ring is 1. The molecule has 3 N–H and O–H groups in total. The molecule has 9 nitrogen and oxygen atoms in total. The minimum absolute atomic E-state index is 0.185. The highest BCUT2D eigenvalue weighted by molar-refractivity contribution is 6.00. The van der Waals surface area contributed by atoms with Crippen LogP contribution in [0.2, 0.25) is 0 Å². The van der Waals surface area contributed by atoms with Gasteiger partial charge in [-0.25, -0.2) is 14.6 Å². The maximum atomic E-state index is 12.1. The van der Waals surface area contributed by atoms with Crippen molar-refractivity contribution in [3.63, 3.8) is 0 Å². The van der Waals surface area contributed by atoms with Gasteiger partial charge in [-0.2, -0.15) is 5.10 Å². The number of nitrogens with zero attached hydrogens (tertiary/aromatic N) is 5. The second-order valence-corrected chi connectivity index (χ2v) is 8.10. The van der Waals surface area contributed by atoms with Gasteiger partial charge in [0.25, 0.3) is 0 Å². The first kappa shape index (κ1) is 22.9. The standard InChI is InChI=1S/C25H27N7O2/c1-16-7-8-17(14-20(16)34-4)23-22-24(26)27-15-28-25(22)32(30-23)19-11-9-18(10-12-19)29-21(33)6-5-13-31(2)3/h5-12,14-15H,13H2,1-4H3,(H,29,33)(H2,26,27,28)/b6-5+. The maximum Gasteiger partial charge on any atom is 0.248 e. The van der Waals surface area contributed by atoms with E-state index < -0.39 is 0 Å². The average Bonchev–Trinajstić information content (AvgIpc) is 3.21. The van der Waals surface area contributed by atoms with E-state index in [1.165, 1.54) is 12.4 Å². The average molecular weight is 458 g/mol. The number of aromatic nitrogens is 4. The van der Waals surface area contributed by atoms with Crippen molar-refractivity contribution in [3.8, 4) is 22.7 Å². The van der Waals surface area contributed by atoms with Crippen LogP contribution >= 0.6 is 0 Å². The smallest absolute Gasteiger partial charge is 0.248 e. The summed E-state index contributed by atoms with van der Waals surface area (Å²) in [5, 5.41) is 8.34. The van der Waals surface area contributed by atoms with Crippen LogP contribution in [0.5, 0.6) is 5.75 Å². The van der Waals surface area contributed by atoms with E-state index in [9.17, 15) is 4.79 Å². The Hall–Kier alpha value is -4.24. The second-order valence-electron chi connectivity index (χ2n) is 8.10. The summed E-state index contributed by atoms with van der Waals surface area (Å²) in [5.74, 6) is 0.921. The van der Waals surface area contributed by atoms with Crippen molar-refractivity contribution < 1.29 is 9.53 Å². The van der Waals surface area contributed by atoms with Crippen LogP contribution in [0.25, 0.3) is 28.0 Å². The van der Waals surface area contributed by atoms with Gasteiger partial charge in [-0.1, -0.05) is 18.2 Å². The van der Waals surface area contributed by atoms with Crippen molar-refractivity contribution in [1.29, 1.82) is 0 Å². The second kappa shape index (κ2) is 9.72. The highest BCUT2D eigenvalue weighted by Gasteiger charge is 2.19. The van der Waals surface area contributed by atoms with Crippen molar-refractivity contribution in [1.82, 2.24) is 24.6 Å². The van der Waals surface area contributed by atoms with E-state index in [0.29, 0.717) is 34.8 Å². The molecule has 0 atom stereocenters. The van der Waals surface area contributed by atoms with Gasteiger partial charge in [0.2, 0.25) is 5.91 Å². The predicted molar refractivity (Wildman–Crippen MR) is 134 cm³/mol. The number of likely N-dealkylation sites (N-methyl/N-ethyl adjacent to an activating group) is 1. The lowest BCUT2D eigenvalue weighted by molar-refractivity contribution is -0.111. The van der Waals surface area contributed by atoms with E-state index in [-0.39, 0.29) is 5.91 Å². The number of hydrogen-bond acceptors (Lipinski definition) is 7. The molecule has 0 radical (unpaired) electrons. The molecule has 0 saturated heterocycles. The van der Waals surface area contributed by atoms with Crippen LogP contribution in [0.15, 0.2) is 60.9 Å². The maximum absolute atomic E-state index is 12.1. The van der Waals surface area contributed by atoms with Gasteiger partial charge in [0.1, 0.15) is 23.6 Å². The monoisotopic (exact) mass is 457 g/mol. The number of ether oxygens (including phenoxy) is 1. The third-order valence-electron chi connectivity index (χ3n) is 5.29. The molecule has 0 unspecified atom stereocenters. The molecule has 1 amide bonds. The molecular weight excluding hydrogens is 430 g/mol. The fourth-order valence-electron chi connectivity index (χ4n) is 3.56. The van der Waals surface area contributed by atoms with Gasteiger partial charge in [-0.15, -0.1) is 0 Å². The first-order valence-corrected chi connectivity index (χ1v) is 10.7. The van der Waals surface area contributed by atoms with Crippen molar-refractivity contribution in [3.05, 3.63) is 66.5 Å². The van der Waals surface area contributed by atoms with Crippen LogP contribution in [0, 0.1) is 6.92 Å². The Kier molecular flexibility index (Phi) is 6.55. The number of amides is 1. The lowest BCUT2D eigenvalue weighted by Crippen LogP contribution is -2.12. The number of anilines is 2. The summed E-state index contributed by atoms with van der Waals surface area (Å²) in [5.41, 5.74) is 10.8. The Balaban J connectivity index is 1.68. The lowest BCUT2D eigenvalue weighted by atomic mass is 10.1. The van der Waals surface area contributed by atoms with Crippen molar-refractivity contribution in [2.24, 2.45) is 0 Å². The topological polar surface area (TPSA) is 111 Å².